The van der Waals surface area contributed by atoms with Gasteiger partial charge < -0.3 is 20.3 Å². The minimum absolute atomic E-state index is 0.203. The van der Waals surface area contributed by atoms with Gasteiger partial charge in [-0.3, -0.25) is 9.59 Å². The third kappa shape index (κ3) is 8.09. The predicted molar refractivity (Wildman–Crippen MR) is 162 cm³/mol. The summed E-state index contributed by atoms with van der Waals surface area (Å²) >= 11 is 0. The first-order valence-electron chi connectivity index (χ1n) is 14.1. The first kappa shape index (κ1) is 32.9. The number of nitrogens with zero attached hydrogens (tertiary/aromatic N) is 1. The zero-order valence-electron chi connectivity index (χ0n) is 26.5. The number of nitrogens with one attached hydrogen (secondary N) is 2. The normalized spacial score (nSPS) is 14.1. The van der Waals surface area contributed by atoms with Crippen molar-refractivity contribution < 1.29 is 19.1 Å². The molecule has 2 rings (SSSR count). The topological polar surface area (TPSA) is 87.7 Å². The molecule has 0 fully saturated rings. The minimum atomic E-state index is -0.946. The maximum Gasteiger partial charge on any atom is 0.408 e. The highest BCUT2D eigenvalue weighted by Crippen LogP contribution is 2.35. The van der Waals surface area contributed by atoms with E-state index in [2.05, 4.69) is 10.6 Å². The molecule has 3 atom stereocenters. The summed E-state index contributed by atoms with van der Waals surface area (Å²) in [6, 6.07) is 9.83. The van der Waals surface area contributed by atoms with Crippen LogP contribution >= 0.6 is 0 Å². The van der Waals surface area contributed by atoms with Crippen LogP contribution in [0.5, 0.6) is 0 Å². The number of para-hydroxylation sites is 1. The number of hydrogen-bond donors (Lipinski definition) is 2. The van der Waals surface area contributed by atoms with Crippen LogP contribution in [0.1, 0.15) is 95.7 Å². The number of ether oxygens (including phenoxy) is 1. The highest BCUT2D eigenvalue weighted by Gasteiger charge is 2.43. The van der Waals surface area contributed by atoms with E-state index in [-0.39, 0.29) is 17.7 Å². The number of hydrogen-bond acceptors (Lipinski definition) is 4. The van der Waals surface area contributed by atoms with Gasteiger partial charge in [-0.2, -0.15) is 0 Å². The Morgan fingerprint density at radius 2 is 1.40 bits per heavy atom. The van der Waals surface area contributed by atoms with Gasteiger partial charge in [0.2, 0.25) is 5.91 Å². The van der Waals surface area contributed by atoms with E-state index in [1.165, 1.54) is 0 Å². The van der Waals surface area contributed by atoms with Crippen LogP contribution in [0.2, 0.25) is 0 Å². The Kier molecular flexibility index (Phi) is 10.6. The number of anilines is 1. The Balaban J connectivity index is 2.72. The van der Waals surface area contributed by atoms with Gasteiger partial charge >= 0.3 is 6.09 Å². The van der Waals surface area contributed by atoms with Crippen molar-refractivity contribution in [1.29, 1.82) is 0 Å². The molecule has 0 heterocycles. The van der Waals surface area contributed by atoms with Gasteiger partial charge in [0.25, 0.3) is 5.91 Å². The molecule has 0 saturated carbocycles. The largest absolute Gasteiger partial charge is 0.444 e. The third-order valence-corrected chi connectivity index (χ3v) is 7.29. The van der Waals surface area contributed by atoms with E-state index in [1.807, 2.05) is 98.7 Å². The minimum Gasteiger partial charge on any atom is -0.444 e. The molecule has 0 radical (unpaired) electrons. The lowest BCUT2D eigenvalue weighted by atomic mass is 9.89. The molecule has 0 aliphatic rings. The van der Waals surface area contributed by atoms with Crippen LogP contribution in [0, 0.1) is 33.6 Å². The zero-order valence-corrected chi connectivity index (χ0v) is 26.5. The van der Waals surface area contributed by atoms with Crippen molar-refractivity contribution in [3.05, 3.63) is 64.2 Å². The number of carbonyl (C=O) groups is 3. The molecule has 0 aromatic heterocycles. The molecule has 7 nitrogen and oxygen atoms in total. The summed E-state index contributed by atoms with van der Waals surface area (Å²) in [7, 11) is 0. The van der Waals surface area contributed by atoms with Crippen molar-refractivity contribution >= 4 is 23.6 Å². The van der Waals surface area contributed by atoms with Crippen molar-refractivity contribution in [2.45, 2.75) is 113 Å². The molecule has 40 heavy (non-hydrogen) atoms. The first-order chi connectivity index (χ1) is 18.4. The Morgan fingerprint density at radius 1 is 0.875 bits per heavy atom. The molecule has 7 heteroatoms. The molecule has 2 N–H and O–H groups in total. The van der Waals surface area contributed by atoms with Gasteiger partial charge in [-0.1, -0.05) is 56.7 Å². The molecule has 0 aliphatic heterocycles. The van der Waals surface area contributed by atoms with E-state index in [4.69, 9.17) is 4.74 Å². The fraction of sp³-hybridized carbons (Fsp3) is 0.545. The number of alkyl carbamates (subject to hydrolysis) is 1. The second-order valence-electron chi connectivity index (χ2n) is 12.8. The number of amides is 3. The summed E-state index contributed by atoms with van der Waals surface area (Å²) in [6.45, 7) is 22.8. The van der Waals surface area contributed by atoms with Gasteiger partial charge in [0, 0.05) is 11.2 Å². The predicted octanol–water partition coefficient (Wildman–Crippen LogP) is 7.17. The summed E-state index contributed by atoms with van der Waals surface area (Å²) in [4.78, 5) is 43.4. The molecule has 220 valence electrons. The fourth-order valence-corrected chi connectivity index (χ4v) is 4.78. The number of carbonyl (C=O) groups excluding carboxylic acids is 3. The van der Waals surface area contributed by atoms with Gasteiger partial charge in [0.05, 0.1) is 0 Å². The van der Waals surface area contributed by atoms with Gasteiger partial charge in [0.1, 0.15) is 17.7 Å². The Morgan fingerprint density at radius 3 is 1.90 bits per heavy atom. The SMILES string of the molecule is CCC(C)C(NC(=O)OC(C)(C)C)C(=O)N(C(C(=O)Nc1c(C)cccc1C)c1cccc(C)c1C)C(C)(C)C. The van der Waals surface area contributed by atoms with Crippen LogP contribution in [0.4, 0.5) is 10.5 Å². The van der Waals surface area contributed by atoms with E-state index in [0.717, 1.165) is 33.5 Å². The van der Waals surface area contributed by atoms with Crippen LogP contribution in [0.15, 0.2) is 36.4 Å². The van der Waals surface area contributed by atoms with Crippen molar-refractivity contribution in [2.24, 2.45) is 5.92 Å². The third-order valence-electron chi connectivity index (χ3n) is 7.29. The second kappa shape index (κ2) is 12.9. The summed E-state index contributed by atoms with van der Waals surface area (Å²) < 4.78 is 5.51. The molecular weight excluding hydrogens is 502 g/mol. The van der Waals surface area contributed by atoms with E-state index < -0.39 is 29.3 Å². The number of rotatable bonds is 8. The van der Waals surface area contributed by atoms with Crippen molar-refractivity contribution in [2.75, 3.05) is 5.32 Å². The Labute approximate surface area is 241 Å². The van der Waals surface area contributed by atoms with E-state index in [0.29, 0.717) is 6.42 Å². The van der Waals surface area contributed by atoms with Crippen LogP contribution in [0.3, 0.4) is 0 Å². The first-order valence-corrected chi connectivity index (χ1v) is 14.1. The van der Waals surface area contributed by atoms with Crippen molar-refractivity contribution in [3.63, 3.8) is 0 Å². The van der Waals surface area contributed by atoms with E-state index >= 15 is 0 Å². The molecule has 2 aromatic carbocycles. The van der Waals surface area contributed by atoms with Crippen molar-refractivity contribution in [1.82, 2.24) is 10.2 Å². The van der Waals surface area contributed by atoms with Crippen LogP contribution in [-0.2, 0) is 14.3 Å². The Bertz CT molecular complexity index is 1200. The van der Waals surface area contributed by atoms with Gasteiger partial charge in [-0.25, -0.2) is 4.79 Å². The average Bonchev–Trinajstić information content (AvgIpc) is 2.82. The smallest absolute Gasteiger partial charge is 0.408 e. The summed E-state index contributed by atoms with van der Waals surface area (Å²) in [5, 5.41) is 5.97. The molecule has 3 amide bonds. The fourth-order valence-electron chi connectivity index (χ4n) is 4.78. The van der Waals surface area contributed by atoms with Gasteiger partial charge in [-0.05, 0) is 103 Å². The summed E-state index contributed by atoms with van der Waals surface area (Å²) in [6.07, 6.45) is -0.0179. The molecule has 2 aromatic rings. The molecule has 0 saturated heterocycles. The number of aryl methyl sites for hydroxylation is 3. The maximum absolute atomic E-state index is 14.6. The van der Waals surface area contributed by atoms with Crippen LogP contribution < -0.4 is 10.6 Å². The summed E-state index contributed by atoms with van der Waals surface area (Å²) in [5.74, 6) is -0.851. The lowest BCUT2D eigenvalue weighted by Crippen LogP contribution is -2.59. The standard InChI is InChI=1S/C33H49N3O4/c1-13-20(2)27(35-31(39)40-33(10,11)12)30(38)36(32(7,8)9)28(25-19-15-16-21(3)24(25)6)29(37)34-26-22(4)17-14-18-23(26)5/h14-20,27-28H,13H2,1-12H3,(H,34,37)(H,35,39). The monoisotopic (exact) mass is 551 g/mol. The molecule has 0 bridgehead atoms. The summed E-state index contributed by atoms with van der Waals surface area (Å²) in [5.41, 5.74) is 3.82. The van der Waals surface area contributed by atoms with Crippen LogP contribution in [0.25, 0.3) is 0 Å². The highest BCUT2D eigenvalue weighted by atomic mass is 16.6. The zero-order chi connectivity index (χ0) is 30.6. The number of benzene rings is 2. The lowest BCUT2D eigenvalue weighted by Gasteiger charge is -2.44. The highest BCUT2D eigenvalue weighted by molar-refractivity contribution is 6.00. The lowest BCUT2D eigenvalue weighted by molar-refractivity contribution is -0.148. The second-order valence-corrected chi connectivity index (χ2v) is 12.8. The van der Waals surface area contributed by atoms with Gasteiger partial charge in [0.15, 0.2) is 0 Å². The quantitative estimate of drug-likeness (QED) is 0.364. The van der Waals surface area contributed by atoms with Crippen molar-refractivity contribution in [3.8, 4) is 0 Å². The van der Waals surface area contributed by atoms with E-state index in [9.17, 15) is 14.4 Å². The molecule has 0 aliphatic carbocycles. The van der Waals surface area contributed by atoms with Crippen LogP contribution in [-0.4, -0.2) is 40.0 Å². The molecular formula is C33H49N3O4. The molecule has 3 unspecified atom stereocenters. The maximum atomic E-state index is 14.6. The van der Waals surface area contributed by atoms with E-state index in [1.54, 1.807) is 25.7 Å². The molecule has 0 spiro atoms. The Hall–Kier alpha value is -3.35. The van der Waals surface area contributed by atoms with Gasteiger partial charge in [-0.15, -0.1) is 0 Å². The average molecular weight is 552 g/mol.